The average Bonchev–Trinajstić information content (AvgIpc) is 3.26. The fourth-order valence-electron chi connectivity index (χ4n) is 4.09. The molecule has 200 valence electrons. The summed E-state index contributed by atoms with van der Waals surface area (Å²) in [5.41, 5.74) is 3.52. The van der Waals surface area contributed by atoms with E-state index >= 15 is 0 Å². The standard InChI is InChI=1S/C26H25ClN8O4/c1-17-21(31-26(36)38-13-10-34-8-11-37-12-9-34)16-35-25(17)24(18(14-28)15-29-35)30-19-2-4-20(5-3-19)39-23-7-6-22(27)32-33-23/h2-7,15-16,30H,8-13H2,1H3,(H,31,36). The molecule has 3 aromatic heterocycles. The van der Waals surface area contributed by atoms with Gasteiger partial charge in [0.1, 0.15) is 18.4 Å². The van der Waals surface area contributed by atoms with Gasteiger partial charge in [0.25, 0.3) is 0 Å². The number of halogens is 1. The van der Waals surface area contributed by atoms with E-state index in [1.54, 1.807) is 47.1 Å². The lowest BCUT2D eigenvalue weighted by Crippen LogP contribution is -2.38. The highest BCUT2D eigenvalue weighted by Crippen LogP contribution is 2.33. The van der Waals surface area contributed by atoms with Crippen molar-refractivity contribution >= 4 is 40.3 Å². The summed E-state index contributed by atoms with van der Waals surface area (Å²) in [5.74, 6) is 0.862. The molecule has 1 aromatic carbocycles. The Kier molecular flexibility index (Phi) is 8.02. The van der Waals surface area contributed by atoms with Crippen molar-refractivity contribution in [1.82, 2.24) is 24.7 Å². The summed E-state index contributed by atoms with van der Waals surface area (Å²) in [7, 11) is 0. The number of anilines is 3. The maximum absolute atomic E-state index is 12.5. The van der Waals surface area contributed by atoms with E-state index in [1.807, 2.05) is 6.92 Å². The van der Waals surface area contributed by atoms with Crippen LogP contribution in [0.25, 0.3) is 5.52 Å². The normalized spacial score (nSPS) is 13.6. The molecule has 1 aliphatic heterocycles. The van der Waals surface area contributed by atoms with Gasteiger partial charge in [0, 0.05) is 37.0 Å². The first-order valence-corrected chi connectivity index (χ1v) is 12.6. The first kappa shape index (κ1) is 26.2. The lowest BCUT2D eigenvalue weighted by atomic mass is 10.1. The number of hydrogen-bond acceptors (Lipinski definition) is 10. The molecule has 0 bridgehead atoms. The molecular formula is C26H25ClN8O4. The molecule has 0 atom stereocenters. The second-order valence-corrected chi connectivity index (χ2v) is 9.05. The first-order valence-electron chi connectivity index (χ1n) is 12.2. The van der Waals surface area contributed by atoms with Crippen molar-refractivity contribution in [3.63, 3.8) is 0 Å². The van der Waals surface area contributed by atoms with Crippen LogP contribution in [-0.2, 0) is 9.47 Å². The smallest absolute Gasteiger partial charge is 0.411 e. The molecule has 1 aliphatic rings. The van der Waals surface area contributed by atoms with Crippen LogP contribution in [0.3, 0.4) is 0 Å². The molecular weight excluding hydrogens is 524 g/mol. The average molecular weight is 549 g/mol. The Balaban J connectivity index is 1.29. The van der Waals surface area contributed by atoms with Crippen molar-refractivity contribution in [1.29, 1.82) is 5.26 Å². The number of carbonyl (C=O) groups is 1. The number of morpholine rings is 1. The van der Waals surface area contributed by atoms with E-state index < -0.39 is 6.09 Å². The fraction of sp³-hybridized carbons (Fsp3) is 0.269. The van der Waals surface area contributed by atoms with Gasteiger partial charge in [-0.05, 0) is 37.3 Å². The number of rotatable bonds is 8. The maximum Gasteiger partial charge on any atom is 0.411 e. The second kappa shape index (κ2) is 12.0. The molecule has 0 unspecified atom stereocenters. The molecule has 0 radical (unpaired) electrons. The zero-order chi connectivity index (χ0) is 27.2. The summed E-state index contributed by atoms with van der Waals surface area (Å²) in [6.07, 6.45) is 2.60. The molecule has 0 aliphatic carbocycles. The number of nitrogens with one attached hydrogen (secondary N) is 2. The number of carbonyl (C=O) groups excluding carboxylic acids is 1. The summed E-state index contributed by atoms with van der Waals surface area (Å²) in [5, 5.41) is 28.1. The third-order valence-electron chi connectivity index (χ3n) is 6.11. The fourth-order valence-corrected chi connectivity index (χ4v) is 4.19. The SMILES string of the molecule is Cc1c(NC(=O)OCCN2CCOCC2)cn2ncc(C#N)c(Nc3ccc(Oc4ccc(Cl)nn4)cc3)c12. The van der Waals surface area contributed by atoms with E-state index in [0.717, 1.165) is 18.7 Å². The van der Waals surface area contributed by atoms with Crippen molar-refractivity contribution < 1.29 is 19.0 Å². The third-order valence-corrected chi connectivity index (χ3v) is 6.31. The summed E-state index contributed by atoms with van der Waals surface area (Å²) < 4.78 is 18.0. The van der Waals surface area contributed by atoms with Crippen LogP contribution in [0, 0.1) is 18.3 Å². The second-order valence-electron chi connectivity index (χ2n) is 8.67. The Morgan fingerprint density at radius 3 is 2.69 bits per heavy atom. The van der Waals surface area contributed by atoms with E-state index in [4.69, 9.17) is 25.8 Å². The highest BCUT2D eigenvalue weighted by Gasteiger charge is 2.18. The number of nitriles is 1. The van der Waals surface area contributed by atoms with E-state index in [1.165, 1.54) is 6.20 Å². The van der Waals surface area contributed by atoms with Gasteiger partial charge in [0.2, 0.25) is 5.88 Å². The molecule has 0 spiro atoms. The first-order chi connectivity index (χ1) is 19.0. The van der Waals surface area contributed by atoms with Crippen molar-refractivity contribution in [2.45, 2.75) is 6.92 Å². The molecule has 12 nitrogen and oxygen atoms in total. The lowest BCUT2D eigenvalue weighted by molar-refractivity contribution is 0.0290. The van der Waals surface area contributed by atoms with Crippen molar-refractivity contribution in [3.8, 4) is 17.7 Å². The monoisotopic (exact) mass is 548 g/mol. The summed E-state index contributed by atoms with van der Waals surface area (Å²) in [6, 6.07) is 12.5. The number of aromatic nitrogens is 4. The number of aryl methyl sites for hydroxylation is 1. The van der Waals surface area contributed by atoms with Crippen molar-refractivity contribution in [3.05, 3.63) is 65.1 Å². The Labute approximate surface area is 229 Å². The molecule has 1 saturated heterocycles. The van der Waals surface area contributed by atoms with E-state index in [0.29, 0.717) is 59.5 Å². The molecule has 0 saturated carbocycles. The van der Waals surface area contributed by atoms with Crippen LogP contribution in [0.4, 0.5) is 21.9 Å². The number of hydrogen-bond donors (Lipinski definition) is 2. The summed E-state index contributed by atoms with van der Waals surface area (Å²) >= 11 is 5.76. The minimum absolute atomic E-state index is 0.270. The van der Waals surface area contributed by atoms with Gasteiger partial charge in [-0.15, -0.1) is 10.2 Å². The molecule has 5 rings (SSSR count). The van der Waals surface area contributed by atoms with Crippen LogP contribution in [0.1, 0.15) is 11.1 Å². The molecule has 4 heterocycles. The molecule has 39 heavy (non-hydrogen) atoms. The molecule has 2 N–H and O–H groups in total. The largest absolute Gasteiger partial charge is 0.448 e. The molecule has 4 aromatic rings. The van der Waals surface area contributed by atoms with E-state index in [-0.39, 0.29) is 11.8 Å². The zero-order valence-corrected chi connectivity index (χ0v) is 21.8. The Hall–Kier alpha value is -4.44. The van der Waals surface area contributed by atoms with Gasteiger partial charge in [0.15, 0.2) is 5.15 Å². The number of fused-ring (bicyclic) bond motifs is 1. The quantitative estimate of drug-likeness (QED) is 0.326. The highest BCUT2D eigenvalue weighted by molar-refractivity contribution is 6.29. The van der Waals surface area contributed by atoms with Crippen LogP contribution in [0.2, 0.25) is 5.15 Å². The van der Waals surface area contributed by atoms with Gasteiger partial charge < -0.3 is 19.5 Å². The molecule has 13 heteroatoms. The number of nitrogens with zero attached hydrogens (tertiary/aromatic N) is 6. The number of ether oxygens (including phenoxy) is 3. The maximum atomic E-state index is 12.5. The molecule has 1 amide bonds. The Morgan fingerprint density at radius 1 is 1.18 bits per heavy atom. The van der Waals surface area contributed by atoms with Gasteiger partial charge in [-0.2, -0.15) is 10.4 Å². The summed E-state index contributed by atoms with van der Waals surface area (Å²) in [4.78, 5) is 14.6. The van der Waals surface area contributed by atoms with Crippen LogP contribution in [-0.4, -0.2) is 70.3 Å². The number of benzene rings is 1. The predicted octanol–water partition coefficient (Wildman–Crippen LogP) is 4.37. The summed E-state index contributed by atoms with van der Waals surface area (Å²) in [6.45, 7) is 5.78. The Morgan fingerprint density at radius 2 is 1.97 bits per heavy atom. The van der Waals surface area contributed by atoms with Crippen molar-refractivity contribution in [2.75, 3.05) is 50.1 Å². The van der Waals surface area contributed by atoms with E-state index in [9.17, 15) is 10.1 Å². The molecule has 1 fully saturated rings. The van der Waals surface area contributed by atoms with Gasteiger partial charge in [-0.25, -0.2) is 9.31 Å². The van der Waals surface area contributed by atoms with Gasteiger partial charge >= 0.3 is 6.09 Å². The topological polar surface area (TPSA) is 139 Å². The van der Waals surface area contributed by atoms with Crippen LogP contribution < -0.4 is 15.4 Å². The number of amides is 1. The Bertz CT molecular complexity index is 1500. The van der Waals surface area contributed by atoms with Gasteiger partial charge in [0.05, 0.1) is 48.1 Å². The van der Waals surface area contributed by atoms with Crippen LogP contribution in [0.15, 0.2) is 48.8 Å². The van der Waals surface area contributed by atoms with Crippen molar-refractivity contribution in [2.24, 2.45) is 0 Å². The minimum atomic E-state index is -0.557. The zero-order valence-electron chi connectivity index (χ0n) is 21.1. The van der Waals surface area contributed by atoms with Gasteiger partial charge in [-0.1, -0.05) is 11.6 Å². The third kappa shape index (κ3) is 6.35. The predicted molar refractivity (Wildman–Crippen MR) is 144 cm³/mol. The van der Waals surface area contributed by atoms with Gasteiger partial charge in [-0.3, -0.25) is 10.2 Å². The van der Waals surface area contributed by atoms with Crippen LogP contribution in [0.5, 0.6) is 11.6 Å². The minimum Gasteiger partial charge on any atom is -0.448 e. The van der Waals surface area contributed by atoms with E-state index in [2.05, 4.69) is 36.9 Å². The van der Waals surface area contributed by atoms with Crippen LogP contribution >= 0.6 is 11.6 Å². The highest BCUT2D eigenvalue weighted by atomic mass is 35.5. The lowest BCUT2D eigenvalue weighted by Gasteiger charge is -2.26.